The van der Waals surface area contributed by atoms with Gasteiger partial charge in [0.2, 0.25) is 11.8 Å². The first kappa shape index (κ1) is 115. The van der Waals surface area contributed by atoms with Gasteiger partial charge in [-0.15, -0.1) is 40.8 Å². The van der Waals surface area contributed by atoms with E-state index in [1.54, 1.807) is 0 Å². The van der Waals surface area contributed by atoms with Gasteiger partial charge in [-0.25, -0.2) is 0 Å². The molecule has 2 amide bonds. The van der Waals surface area contributed by atoms with Gasteiger partial charge in [-0.05, 0) is 125 Å². The molecule has 0 aliphatic carbocycles. The number of nitrogens with one attached hydrogen (secondary N) is 2. The minimum Gasteiger partial charge on any atom is -0.495 e. The van der Waals surface area contributed by atoms with Crippen LogP contribution in [0.1, 0.15) is 387 Å². The Hall–Kier alpha value is -0.985. The normalized spacial score (nSPS) is 13.6. The number of hydrogen-bond donors (Lipinski definition) is 2. The molecule has 0 fully saturated rings. The van der Waals surface area contributed by atoms with Crippen LogP contribution >= 0.6 is 0 Å². The second-order valence-corrected chi connectivity index (χ2v) is 75.1. The van der Waals surface area contributed by atoms with Crippen LogP contribution in [0.4, 0.5) is 0 Å². The molecule has 1 radical (unpaired) electrons. The third-order valence-corrected chi connectivity index (χ3v) is 64.9. The van der Waals surface area contributed by atoms with Crippen molar-refractivity contribution in [2.24, 2.45) is 0 Å². The van der Waals surface area contributed by atoms with Crippen LogP contribution in [0.2, 0.25) is 99.7 Å². The van der Waals surface area contributed by atoms with Crippen LogP contribution in [0.25, 0.3) is 0 Å². The van der Waals surface area contributed by atoms with Gasteiger partial charge in [0, 0.05) is 45.6 Å². The van der Waals surface area contributed by atoms with Crippen LogP contribution in [0, 0.1) is 20.3 Å². The zero-order valence-corrected chi connectivity index (χ0v) is 93.3. The van der Waals surface area contributed by atoms with E-state index in [0.29, 0.717) is 165 Å². The number of carbonyl (C=O) groups excluding carboxylic acids is 2. The van der Waals surface area contributed by atoms with E-state index in [0.717, 1.165) is 75.7 Å². The zero-order valence-electron chi connectivity index (χ0n) is 84.5. The topological polar surface area (TPSA) is 132 Å². The summed E-state index contributed by atoms with van der Waals surface area (Å²) in [6.45, 7) is 93.0. The van der Waals surface area contributed by atoms with Crippen molar-refractivity contribution >= 4 is 61.7 Å². The van der Waals surface area contributed by atoms with Crippen LogP contribution in [0.15, 0.2) is 36.4 Å². The Morgan fingerprint density at radius 2 is 0.449 bits per heavy atom. The van der Waals surface area contributed by atoms with Gasteiger partial charge in [-0.1, -0.05) is 364 Å². The van der Waals surface area contributed by atoms with Crippen molar-refractivity contribution in [2.45, 2.75) is 489 Å². The van der Waals surface area contributed by atoms with E-state index in [1.165, 1.54) is 60.8 Å². The largest absolute Gasteiger partial charge is 0.495 e. The molecule has 0 saturated carbocycles. The van der Waals surface area contributed by atoms with E-state index in [-0.39, 0.29) is 44.5 Å². The van der Waals surface area contributed by atoms with Crippen molar-refractivity contribution < 1.29 is 78.3 Å². The molecule has 0 aromatic heterocycles. The maximum Gasteiger partial charge on any atom is 0.220 e. The Bertz CT molecular complexity index is 2570. The standard InChI is InChI=1S/C99H193N2O10Si6.Y/c1-72(2)112(73(3)4,74(5)6)106-66-98(67-107-113(75(7)8,76(9)10)77(11)12,68-108-114(78(13)14,79(15)16)80(17)18)100-96(102)55-51-47-43-39-41-45-49-53-61-104-94-59-57-92(90(37)63-94)65-93-58-60-95(64-91(93)38)105-62-54-50-46-42-40-44-48-52-56-97(103)101-99(69-109-115(81(19)20,82(21)22)83(23)24,70-110-116(84(25)26,85(27)28)86(29)30)71-111-117(87(31)32,88(33)34)89(35)36;/h57-60,63-65,72-89H,39-56,61-62,66-71H2,1-38H3,(H,100,102)(H,101,103);/q-1;. The number of ether oxygens (including phenoxy) is 2. The third kappa shape index (κ3) is 31.7. The second-order valence-electron chi connectivity index (χ2n) is 42.3. The Morgan fingerprint density at radius 3 is 0.619 bits per heavy atom. The maximum atomic E-state index is 14.6. The molecule has 2 aromatic rings. The fraction of sp³-hybridized carbons (Fsp3) is 0.848. The number of unbranched alkanes of at least 4 members (excludes halogenated alkanes) is 14. The molecule has 0 heterocycles. The molecule has 0 saturated heterocycles. The van der Waals surface area contributed by atoms with Crippen molar-refractivity contribution in [1.29, 1.82) is 0 Å². The number of rotatable bonds is 64. The van der Waals surface area contributed by atoms with Gasteiger partial charge >= 0.3 is 0 Å². The molecule has 0 aliphatic rings. The first-order chi connectivity index (χ1) is 54.4. The van der Waals surface area contributed by atoms with E-state index in [9.17, 15) is 9.59 Å². The average molecular weight is 1830 g/mol. The molecule has 2 rings (SSSR count). The number of aryl methyl sites for hydroxylation is 2. The van der Waals surface area contributed by atoms with Gasteiger partial charge in [0.15, 0.2) is 49.9 Å². The van der Waals surface area contributed by atoms with Crippen LogP contribution in [0.5, 0.6) is 11.5 Å². The first-order valence-corrected chi connectivity index (χ1v) is 61.1. The first-order valence-electron chi connectivity index (χ1n) is 48.2. The van der Waals surface area contributed by atoms with E-state index in [4.69, 9.17) is 36.0 Å². The molecule has 12 nitrogen and oxygen atoms in total. The number of carbonyl (C=O) groups is 2. The summed E-state index contributed by atoms with van der Waals surface area (Å²) in [5, 5.41) is 7.45. The van der Waals surface area contributed by atoms with Crippen LogP contribution in [0.3, 0.4) is 0 Å². The smallest absolute Gasteiger partial charge is 0.220 e. The Balaban J connectivity index is 0.0000696. The van der Waals surface area contributed by atoms with Gasteiger partial charge in [0.05, 0.1) is 52.9 Å². The summed E-state index contributed by atoms with van der Waals surface area (Å²) < 4.78 is 58.1. The average Bonchev–Trinajstić information content (AvgIpc) is 0.770. The predicted molar refractivity (Wildman–Crippen MR) is 523 cm³/mol. The Kier molecular flexibility index (Phi) is 53.0. The van der Waals surface area contributed by atoms with Gasteiger partial charge in [-0.3, -0.25) is 9.59 Å². The van der Waals surface area contributed by atoms with Gasteiger partial charge < -0.3 is 46.7 Å². The summed E-state index contributed by atoms with van der Waals surface area (Å²) in [5.74, 6) is 2.03. The summed E-state index contributed by atoms with van der Waals surface area (Å²) in [4.78, 5) is 29.3. The zero-order chi connectivity index (χ0) is 89.4. The summed E-state index contributed by atoms with van der Waals surface area (Å²) in [6.07, 6.45) is 20.8. The molecule has 0 atom stereocenters. The second kappa shape index (κ2) is 54.4. The Morgan fingerprint density at radius 1 is 0.280 bits per heavy atom. The molecule has 0 unspecified atom stereocenters. The minimum absolute atomic E-state index is 0. The monoisotopic (exact) mass is 1830 g/mol. The molecule has 118 heavy (non-hydrogen) atoms. The third-order valence-electron chi connectivity index (χ3n) is 28.6. The summed E-state index contributed by atoms with van der Waals surface area (Å²) in [6, 6.07) is 13.0. The van der Waals surface area contributed by atoms with E-state index in [1.807, 2.05) is 0 Å². The minimum atomic E-state index is -2.34. The predicted octanol–water partition coefficient (Wildman–Crippen LogP) is 30.5. The molecular formula is C99H193N2O10Si6Y-. The fourth-order valence-corrected chi connectivity index (χ4v) is 56.2. The quantitative estimate of drug-likeness (QED) is 0.0375. The van der Waals surface area contributed by atoms with Crippen LogP contribution < -0.4 is 20.1 Å². The molecule has 687 valence electrons. The molecule has 2 aromatic carbocycles. The maximum absolute atomic E-state index is 14.6. The molecule has 2 N–H and O–H groups in total. The van der Waals surface area contributed by atoms with Crippen LogP contribution in [-0.2, 0) is 68.9 Å². The fourth-order valence-electron chi connectivity index (χ4n) is 23.0. The van der Waals surface area contributed by atoms with Gasteiger partial charge in [0.1, 0.15) is 22.6 Å². The van der Waals surface area contributed by atoms with Crippen molar-refractivity contribution in [1.82, 2.24) is 10.6 Å². The van der Waals surface area contributed by atoms with Crippen molar-refractivity contribution in [3.8, 4) is 11.5 Å². The number of benzene rings is 2. The van der Waals surface area contributed by atoms with Crippen LogP contribution in [-0.4, -0.2) is 126 Å². The molecule has 19 heteroatoms. The van der Waals surface area contributed by atoms with E-state index < -0.39 is 61.0 Å². The summed E-state index contributed by atoms with van der Waals surface area (Å²) >= 11 is 0. The molecule has 0 aliphatic heterocycles. The SMILES string of the molecule is Cc1cc(OCCCCCCCCCCC(=O)NC(CO[Si](C(C)C)(C(C)C)C(C)C)(CO[Si](C(C)C)(C(C)C)C(C)C)CO[Si](C(C)C)(C(C)C)C(C)C)ccc1[CH-]c1ccc(OCCCCCCCCCCC(=O)NC(CO[Si](C(C)C)(C(C)C)C(C)C)(CO[Si](C(C)C)(C(C)C)C(C)C)CO[Si](C(C)C)(C(C)C)C(C)C)cc1C.[Y]. The van der Waals surface area contributed by atoms with Crippen molar-refractivity contribution in [3.05, 3.63) is 65.1 Å². The van der Waals surface area contributed by atoms with Crippen molar-refractivity contribution in [3.63, 3.8) is 0 Å². The van der Waals surface area contributed by atoms with E-state index in [2.05, 4.69) is 317 Å². The summed E-state index contributed by atoms with van der Waals surface area (Å²) in [7, 11) is -14.1. The van der Waals surface area contributed by atoms with Gasteiger partial charge in [-0.2, -0.15) is 0 Å². The molecule has 0 bridgehead atoms. The number of amides is 2. The summed E-state index contributed by atoms with van der Waals surface area (Å²) in [5.41, 5.74) is 10.5. The van der Waals surface area contributed by atoms with E-state index >= 15 is 0 Å². The Labute approximate surface area is 763 Å². The van der Waals surface area contributed by atoms with Gasteiger partial charge in [0.25, 0.3) is 0 Å². The number of hydrogen-bond acceptors (Lipinski definition) is 10. The van der Waals surface area contributed by atoms with Crippen molar-refractivity contribution in [2.75, 3.05) is 52.9 Å². The molecule has 0 spiro atoms. The molecular weight excluding hydrogens is 1630 g/mol.